The molecule has 6 heteroatoms. The van der Waals surface area contributed by atoms with Crippen LogP contribution in [0.5, 0.6) is 0 Å². The van der Waals surface area contributed by atoms with Crippen LogP contribution in [0, 0.1) is 13.8 Å². The molecule has 0 amide bonds. The lowest BCUT2D eigenvalue weighted by Crippen LogP contribution is -2.11. The average Bonchev–Trinajstić information content (AvgIpc) is 2.97. The second-order valence-electron chi connectivity index (χ2n) is 6.06. The highest BCUT2D eigenvalue weighted by atomic mass is 32.2. The largest absolute Gasteiger partial charge is 0.466 e. The maximum Gasteiger partial charge on any atom is 0.330 e. The lowest BCUT2D eigenvalue weighted by Gasteiger charge is -2.08. The fraction of sp³-hybridized carbons (Fsp3) is 0.150. The number of ether oxygens (including phenoxy) is 1. The summed E-state index contributed by atoms with van der Waals surface area (Å²) in [5.41, 5.74) is 3.13. The Kier molecular flexibility index (Phi) is 4.70. The number of rotatable bonds is 4. The van der Waals surface area contributed by atoms with Gasteiger partial charge in [0.05, 0.1) is 17.5 Å². The van der Waals surface area contributed by atoms with Crippen molar-refractivity contribution in [3.8, 4) is 0 Å². The summed E-state index contributed by atoms with van der Waals surface area (Å²) >= 11 is 0. The summed E-state index contributed by atoms with van der Waals surface area (Å²) in [6, 6.07) is 12.2. The molecule has 0 bridgehead atoms. The van der Waals surface area contributed by atoms with E-state index in [4.69, 9.17) is 0 Å². The van der Waals surface area contributed by atoms with Crippen molar-refractivity contribution >= 4 is 33.0 Å². The second kappa shape index (κ2) is 6.80. The zero-order chi connectivity index (χ0) is 18.9. The molecule has 0 radical (unpaired) electrons. The van der Waals surface area contributed by atoms with Crippen molar-refractivity contribution in [1.29, 1.82) is 0 Å². The van der Waals surface area contributed by atoms with Gasteiger partial charge in [0.25, 0.3) is 10.0 Å². The van der Waals surface area contributed by atoms with Crippen molar-refractivity contribution in [3.05, 3.63) is 71.4 Å². The quantitative estimate of drug-likeness (QED) is 0.520. The first-order chi connectivity index (χ1) is 12.3. The summed E-state index contributed by atoms with van der Waals surface area (Å²) in [7, 11) is -2.41. The SMILES string of the molecule is COC(=O)C=Cc1ccc2c(C)cn(S(=O)(=O)c3ccc(C)cc3)c2c1. The molecule has 1 aromatic heterocycles. The Balaban J connectivity index is 2.15. The van der Waals surface area contributed by atoms with Crippen molar-refractivity contribution in [1.82, 2.24) is 3.97 Å². The molecule has 26 heavy (non-hydrogen) atoms. The number of benzene rings is 2. The number of hydrogen-bond donors (Lipinski definition) is 0. The first kappa shape index (κ1) is 17.9. The zero-order valence-electron chi connectivity index (χ0n) is 14.8. The highest BCUT2D eigenvalue weighted by Crippen LogP contribution is 2.27. The summed E-state index contributed by atoms with van der Waals surface area (Å²) in [6.45, 7) is 3.78. The van der Waals surface area contributed by atoms with Gasteiger partial charge in [0, 0.05) is 17.7 Å². The minimum atomic E-state index is -3.71. The van der Waals surface area contributed by atoms with E-state index in [0.29, 0.717) is 11.1 Å². The zero-order valence-corrected chi connectivity index (χ0v) is 15.6. The van der Waals surface area contributed by atoms with Gasteiger partial charge < -0.3 is 4.74 Å². The van der Waals surface area contributed by atoms with Crippen LogP contribution < -0.4 is 0 Å². The van der Waals surface area contributed by atoms with Gasteiger partial charge in [-0.05, 0) is 49.2 Å². The molecular formula is C20H19NO4S. The summed E-state index contributed by atoms with van der Waals surface area (Å²) in [4.78, 5) is 11.5. The van der Waals surface area contributed by atoms with E-state index in [1.165, 1.54) is 17.2 Å². The monoisotopic (exact) mass is 369 g/mol. The van der Waals surface area contributed by atoms with Gasteiger partial charge in [-0.1, -0.05) is 29.8 Å². The number of carbonyl (C=O) groups excluding carboxylic acids is 1. The molecule has 2 aromatic carbocycles. The Morgan fingerprint density at radius 1 is 1.08 bits per heavy atom. The maximum absolute atomic E-state index is 13.1. The van der Waals surface area contributed by atoms with E-state index in [-0.39, 0.29) is 4.90 Å². The average molecular weight is 369 g/mol. The highest BCUT2D eigenvalue weighted by molar-refractivity contribution is 7.90. The van der Waals surface area contributed by atoms with E-state index in [0.717, 1.165) is 16.5 Å². The number of aromatic nitrogens is 1. The molecule has 0 saturated carbocycles. The molecular weight excluding hydrogens is 350 g/mol. The molecule has 5 nitrogen and oxygen atoms in total. The fourth-order valence-electron chi connectivity index (χ4n) is 2.74. The van der Waals surface area contributed by atoms with Gasteiger partial charge in [0.2, 0.25) is 0 Å². The van der Waals surface area contributed by atoms with Gasteiger partial charge in [-0.25, -0.2) is 17.2 Å². The fourth-order valence-corrected chi connectivity index (χ4v) is 4.15. The van der Waals surface area contributed by atoms with Gasteiger partial charge in [-0.3, -0.25) is 0 Å². The molecule has 0 spiro atoms. The van der Waals surface area contributed by atoms with E-state index in [1.807, 2.05) is 26.0 Å². The molecule has 3 aromatic rings. The Morgan fingerprint density at radius 3 is 2.42 bits per heavy atom. The molecule has 0 saturated heterocycles. The molecule has 0 atom stereocenters. The van der Waals surface area contributed by atoms with Gasteiger partial charge >= 0.3 is 5.97 Å². The van der Waals surface area contributed by atoms with Crippen LogP contribution in [0.3, 0.4) is 0 Å². The first-order valence-electron chi connectivity index (χ1n) is 8.03. The van der Waals surface area contributed by atoms with Crippen LogP contribution in [0.4, 0.5) is 0 Å². The molecule has 0 unspecified atom stereocenters. The van der Waals surface area contributed by atoms with Gasteiger partial charge in [0.15, 0.2) is 0 Å². The molecule has 0 aliphatic heterocycles. The summed E-state index contributed by atoms with van der Waals surface area (Å²) in [5, 5.41) is 0.843. The smallest absolute Gasteiger partial charge is 0.330 e. The van der Waals surface area contributed by atoms with Gasteiger partial charge in [-0.2, -0.15) is 0 Å². The van der Waals surface area contributed by atoms with E-state index in [1.54, 1.807) is 42.6 Å². The van der Waals surface area contributed by atoms with Crippen LogP contribution >= 0.6 is 0 Å². The number of nitrogens with zero attached hydrogens (tertiary/aromatic N) is 1. The lowest BCUT2D eigenvalue weighted by molar-refractivity contribution is -0.134. The van der Waals surface area contributed by atoms with E-state index >= 15 is 0 Å². The number of fused-ring (bicyclic) bond motifs is 1. The van der Waals surface area contributed by atoms with Crippen LogP contribution in [-0.2, 0) is 19.6 Å². The number of methoxy groups -OCH3 is 1. The van der Waals surface area contributed by atoms with Gasteiger partial charge in [0.1, 0.15) is 0 Å². The number of aryl methyl sites for hydroxylation is 2. The minimum Gasteiger partial charge on any atom is -0.466 e. The molecule has 0 fully saturated rings. The Labute approximate surface area is 152 Å². The van der Waals surface area contributed by atoms with Crippen LogP contribution in [0.25, 0.3) is 17.0 Å². The van der Waals surface area contributed by atoms with Crippen molar-refractivity contribution in [3.63, 3.8) is 0 Å². The minimum absolute atomic E-state index is 0.232. The number of carbonyl (C=O) groups is 1. The Morgan fingerprint density at radius 2 is 1.77 bits per heavy atom. The Bertz CT molecular complexity index is 1110. The van der Waals surface area contributed by atoms with Crippen molar-refractivity contribution < 1.29 is 17.9 Å². The van der Waals surface area contributed by atoms with Crippen LogP contribution in [0.1, 0.15) is 16.7 Å². The Hall–Kier alpha value is -2.86. The van der Waals surface area contributed by atoms with Crippen molar-refractivity contribution in [2.24, 2.45) is 0 Å². The maximum atomic E-state index is 13.1. The first-order valence-corrected chi connectivity index (χ1v) is 9.47. The van der Waals surface area contributed by atoms with Gasteiger partial charge in [-0.15, -0.1) is 0 Å². The third kappa shape index (κ3) is 3.28. The van der Waals surface area contributed by atoms with Crippen LogP contribution in [0.15, 0.2) is 59.6 Å². The van der Waals surface area contributed by atoms with E-state index in [9.17, 15) is 13.2 Å². The molecule has 134 valence electrons. The predicted octanol–water partition coefficient (Wildman–Crippen LogP) is 3.68. The number of hydrogen-bond acceptors (Lipinski definition) is 4. The number of esters is 1. The topological polar surface area (TPSA) is 65.4 Å². The highest BCUT2D eigenvalue weighted by Gasteiger charge is 2.20. The molecule has 0 aliphatic carbocycles. The summed E-state index contributed by atoms with van der Waals surface area (Å²) in [5.74, 6) is -0.469. The van der Waals surface area contributed by atoms with E-state index in [2.05, 4.69) is 4.74 Å². The standard InChI is InChI=1S/C20H19NO4S/c1-14-4-8-17(9-5-14)26(23,24)21-13-15(2)18-10-6-16(12-19(18)21)7-11-20(22)25-3/h4-13H,1-3H3. The predicted molar refractivity (Wildman–Crippen MR) is 101 cm³/mol. The molecule has 3 rings (SSSR count). The summed E-state index contributed by atoms with van der Waals surface area (Å²) < 4.78 is 32.0. The third-order valence-corrected chi connectivity index (χ3v) is 5.87. The normalized spacial score (nSPS) is 12.0. The summed E-state index contributed by atoms with van der Waals surface area (Å²) in [6.07, 6.45) is 4.51. The molecule has 1 heterocycles. The lowest BCUT2D eigenvalue weighted by atomic mass is 10.1. The van der Waals surface area contributed by atoms with Crippen molar-refractivity contribution in [2.75, 3.05) is 7.11 Å². The van der Waals surface area contributed by atoms with Crippen molar-refractivity contribution in [2.45, 2.75) is 18.7 Å². The van der Waals surface area contributed by atoms with Crippen LogP contribution in [-0.4, -0.2) is 25.5 Å². The third-order valence-electron chi connectivity index (χ3n) is 4.19. The molecule has 0 N–H and O–H groups in total. The molecule has 0 aliphatic rings. The van der Waals surface area contributed by atoms with E-state index < -0.39 is 16.0 Å². The van der Waals surface area contributed by atoms with Crippen LogP contribution in [0.2, 0.25) is 0 Å². The second-order valence-corrected chi connectivity index (χ2v) is 7.87.